The molecular formula is C13H16N4O6. The van der Waals surface area contributed by atoms with Crippen LogP contribution in [0.5, 0.6) is 0 Å². The van der Waals surface area contributed by atoms with Crippen LogP contribution >= 0.6 is 0 Å². The van der Waals surface area contributed by atoms with E-state index in [1.165, 1.54) is 43.6 Å². The molecule has 0 saturated carbocycles. The van der Waals surface area contributed by atoms with Crippen LogP contribution in [0.4, 0.5) is 0 Å². The fourth-order valence-corrected chi connectivity index (χ4v) is 2.10. The lowest BCUT2D eigenvalue weighted by Gasteiger charge is -2.11. The molecule has 0 bridgehead atoms. The summed E-state index contributed by atoms with van der Waals surface area (Å²) >= 11 is 0. The number of methoxy groups -OCH3 is 1. The number of aryl methyl sites for hydroxylation is 1. The van der Waals surface area contributed by atoms with Gasteiger partial charge in [0.15, 0.2) is 17.3 Å². The van der Waals surface area contributed by atoms with Gasteiger partial charge in [-0.25, -0.2) is 14.6 Å². The van der Waals surface area contributed by atoms with Crippen molar-refractivity contribution < 1.29 is 19.1 Å². The van der Waals surface area contributed by atoms with Crippen LogP contribution < -0.4 is 11.2 Å². The van der Waals surface area contributed by atoms with E-state index < -0.39 is 29.3 Å². The Bertz CT molecular complexity index is 890. The molecule has 0 radical (unpaired) electrons. The van der Waals surface area contributed by atoms with Crippen molar-refractivity contribution in [1.29, 1.82) is 0 Å². The minimum atomic E-state index is -1.06. The third kappa shape index (κ3) is 2.87. The first-order valence-electron chi connectivity index (χ1n) is 6.66. The lowest BCUT2D eigenvalue weighted by molar-refractivity contribution is -0.165. The molecule has 0 aliphatic heterocycles. The highest BCUT2D eigenvalue weighted by atomic mass is 16.6. The van der Waals surface area contributed by atoms with Crippen LogP contribution in [0.2, 0.25) is 0 Å². The van der Waals surface area contributed by atoms with E-state index in [9.17, 15) is 19.2 Å². The van der Waals surface area contributed by atoms with Crippen molar-refractivity contribution in [2.45, 2.75) is 19.6 Å². The molecule has 2 heterocycles. The van der Waals surface area contributed by atoms with E-state index in [0.717, 1.165) is 4.57 Å². The normalized spacial score (nSPS) is 12.2. The molecule has 10 nitrogen and oxygen atoms in total. The Balaban J connectivity index is 2.36. The average molecular weight is 324 g/mol. The second kappa shape index (κ2) is 6.07. The molecule has 0 spiro atoms. The summed E-state index contributed by atoms with van der Waals surface area (Å²) in [5, 5.41) is 0. The van der Waals surface area contributed by atoms with Crippen molar-refractivity contribution in [3.05, 3.63) is 27.2 Å². The summed E-state index contributed by atoms with van der Waals surface area (Å²) in [6.07, 6.45) is 0.199. The maximum Gasteiger partial charge on any atom is 0.346 e. The van der Waals surface area contributed by atoms with Crippen LogP contribution in [0.1, 0.15) is 6.92 Å². The van der Waals surface area contributed by atoms with E-state index in [-0.39, 0.29) is 17.7 Å². The van der Waals surface area contributed by atoms with Crippen LogP contribution in [0.15, 0.2) is 15.9 Å². The summed E-state index contributed by atoms with van der Waals surface area (Å²) < 4.78 is 12.8. The number of carbonyl (C=O) groups is 2. The first-order chi connectivity index (χ1) is 10.8. The van der Waals surface area contributed by atoms with Gasteiger partial charge in [-0.3, -0.25) is 18.7 Å². The predicted octanol–water partition coefficient (Wildman–Crippen LogP) is -1.46. The molecule has 0 aliphatic carbocycles. The highest BCUT2D eigenvalue weighted by Gasteiger charge is 2.20. The zero-order chi connectivity index (χ0) is 17.3. The van der Waals surface area contributed by atoms with Crippen LogP contribution in [0.3, 0.4) is 0 Å². The molecular weight excluding hydrogens is 308 g/mol. The maximum atomic E-state index is 12.2. The Labute approximate surface area is 129 Å². The van der Waals surface area contributed by atoms with E-state index in [0.29, 0.717) is 0 Å². The molecule has 0 fully saturated rings. The Hall–Kier alpha value is -2.91. The fourth-order valence-electron chi connectivity index (χ4n) is 2.10. The van der Waals surface area contributed by atoms with E-state index in [1.807, 2.05) is 0 Å². The molecule has 2 aromatic rings. The summed E-state index contributed by atoms with van der Waals surface area (Å²) in [6.45, 7) is 1.05. The number of hydrogen-bond donors (Lipinski definition) is 0. The zero-order valence-corrected chi connectivity index (χ0v) is 13.1. The minimum absolute atomic E-state index is 0.0947. The topological polar surface area (TPSA) is 114 Å². The number of hydrogen-bond acceptors (Lipinski definition) is 7. The standard InChI is InChI=1S/C13H16N4O6/c1-7(12(20)22-4)23-8(18)5-17-6-14-10-9(17)11(19)16(3)13(21)15(10)2/h6-7H,5H2,1-4H3. The second-order valence-corrected chi connectivity index (χ2v) is 4.91. The molecule has 0 N–H and O–H groups in total. The number of fused-ring (bicyclic) bond motifs is 1. The number of aromatic nitrogens is 4. The Morgan fingerprint density at radius 2 is 1.91 bits per heavy atom. The predicted molar refractivity (Wildman–Crippen MR) is 77.8 cm³/mol. The van der Waals surface area contributed by atoms with Crippen molar-refractivity contribution in [3.63, 3.8) is 0 Å². The molecule has 23 heavy (non-hydrogen) atoms. The smallest absolute Gasteiger partial charge is 0.346 e. The zero-order valence-electron chi connectivity index (χ0n) is 13.1. The van der Waals surface area contributed by atoms with E-state index in [2.05, 4.69) is 9.72 Å². The number of imidazole rings is 1. The van der Waals surface area contributed by atoms with Gasteiger partial charge >= 0.3 is 17.6 Å². The molecule has 124 valence electrons. The Morgan fingerprint density at radius 3 is 2.52 bits per heavy atom. The third-order valence-corrected chi connectivity index (χ3v) is 3.36. The van der Waals surface area contributed by atoms with Crippen molar-refractivity contribution >= 4 is 23.1 Å². The van der Waals surface area contributed by atoms with Crippen molar-refractivity contribution in [2.75, 3.05) is 7.11 Å². The van der Waals surface area contributed by atoms with Gasteiger partial charge in [0.1, 0.15) is 6.54 Å². The van der Waals surface area contributed by atoms with Gasteiger partial charge in [0.05, 0.1) is 13.4 Å². The van der Waals surface area contributed by atoms with Crippen LogP contribution in [0.25, 0.3) is 11.2 Å². The largest absolute Gasteiger partial charge is 0.466 e. The molecule has 2 aromatic heterocycles. The summed E-state index contributed by atoms with van der Waals surface area (Å²) in [7, 11) is 3.98. The number of ether oxygens (including phenoxy) is 2. The Morgan fingerprint density at radius 1 is 1.26 bits per heavy atom. The lowest BCUT2D eigenvalue weighted by atomic mass is 10.4. The van der Waals surface area contributed by atoms with Crippen LogP contribution in [-0.4, -0.2) is 43.8 Å². The maximum absolute atomic E-state index is 12.2. The average Bonchev–Trinajstić information content (AvgIpc) is 2.93. The summed E-state index contributed by atoms with van der Waals surface area (Å²) in [4.78, 5) is 51.1. The van der Waals surface area contributed by atoms with E-state index in [4.69, 9.17) is 4.74 Å². The van der Waals surface area contributed by atoms with Gasteiger partial charge in [-0.15, -0.1) is 0 Å². The number of carbonyl (C=O) groups excluding carboxylic acids is 2. The third-order valence-electron chi connectivity index (χ3n) is 3.36. The van der Waals surface area contributed by atoms with Crippen molar-refractivity contribution in [3.8, 4) is 0 Å². The lowest BCUT2D eigenvalue weighted by Crippen LogP contribution is -2.37. The van der Waals surface area contributed by atoms with Crippen molar-refractivity contribution in [2.24, 2.45) is 14.1 Å². The van der Waals surface area contributed by atoms with Crippen molar-refractivity contribution in [1.82, 2.24) is 18.7 Å². The van der Waals surface area contributed by atoms with Gasteiger partial charge in [-0.05, 0) is 6.92 Å². The van der Waals surface area contributed by atoms with Gasteiger partial charge in [-0.2, -0.15) is 0 Å². The van der Waals surface area contributed by atoms with Gasteiger partial charge in [0.25, 0.3) is 5.56 Å². The highest BCUT2D eigenvalue weighted by molar-refractivity contribution is 5.80. The van der Waals surface area contributed by atoms with Gasteiger partial charge in [-0.1, -0.05) is 0 Å². The SMILES string of the molecule is COC(=O)C(C)OC(=O)Cn1cnc2c1c(=O)n(C)c(=O)n2C. The van der Waals surface area contributed by atoms with Gasteiger partial charge < -0.3 is 14.0 Å². The number of rotatable bonds is 4. The molecule has 1 atom stereocenters. The molecule has 1 unspecified atom stereocenters. The quantitative estimate of drug-likeness (QED) is 0.631. The first kappa shape index (κ1) is 16.5. The number of nitrogens with zero attached hydrogens (tertiary/aromatic N) is 4. The molecule has 10 heteroatoms. The fraction of sp³-hybridized carbons (Fsp3) is 0.462. The summed E-state index contributed by atoms with van der Waals surface area (Å²) in [5.74, 6) is -1.43. The van der Waals surface area contributed by atoms with Gasteiger partial charge in [0.2, 0.25) is 0 Å². The molecule has 2 rings (SSSR count). The molecule has 0 aromatic carbocycles. The molecule has 0 aliphatic rings. The second-order valence-electron chi connectivity index (χ2n) is 4.91. The summed E-state index contributed by atoms with van der Waals surface area (Å²) in [6, 6.07) is 0. The first-order valence-corrected chi connectivity index (χ1v) is 6.66. The van der Waals surface area contributed by atoms with E-state index in [1.54, 1.807) is 0 Å². The molecule has 0 amide bonds. The van der Waals surface area contributed by atoms with Crippen LogP contribution in [-0.2, 0) is 39.7 Å². The summed E-state index contributed by atoms with van der Waals surface area (Å²) in [5.41, 5.74) is -0.840. The highest BCUT2D eigenvalue weighted by Crippen LogP contribution is 2.06. The van der Waals surface area contributed by atoms with Gasteiger partial charge in [0, 0.05) is 14.1 Å². The molecule has 0 saturated heterocycles. The van der Waals surface area contributed by atoms with Crippen LogP contribution in [0, 0.1) is 0 Å². The Kier molecular flexibility index (Phi) is 4.34. The number of esters is 2. The monoisotopic (exact) mass is 324 g/mol. The van der Waals surface area contributed by atoms with E-state index >= 15 is 0 Å². The minimum Gasteiger partial charge on any atom is -0.466 e.